The molecule has 78 heavy (non-hydrogen) atoms. The molecular formula is C56H42Cl2N10O10. The highest BCUT2D eigenvalue weighted by molar-refractivity contribution is 6.31. The van der Waals surface area contributed by atoms with E-state index in [4.69, 9.17) is 32.7 Å². The number of aromatic nitrogens is 6. The summed E-state index contributed by atoms with van der Waals surface area (Å²) in [5.74, 6) is -1.74. The number of H-pyrrole nitrogens is 4. The average Bonchev–Trinajstić information content (AvgIpc) is 4.36. The zero-order chi connectivity index (χ0) is 54.3. The summed E-state index contributed by atoms with van der Waals surface area (Å²) in [5, 5.41) is 23.0. The lowest BCUT2D eigenvalue weighted by atomic mass is 10.1. The Labute approximate surface area is 450 Å². The monoisotopic (exact) mass is 1080 g/mol. The van der Waals surface area contributed by atoms with Gasteiger partial charge in [-0.25, -0.2) is 9.59 Å². The summed E-state index contributed by atoms with van der Waals surface area (Å²) in [5.41, 5.74) is 4.54. The summed E-state index contributed by atoms with van der Waals surface area (Å²) in [6, 6.07) is 44.0. The third kappa shape index (κ3) is 11.7. The lowest BCUT2D eigenvalue weighted by molar-refractivity contribution is -0.118. The van der Waals surface area contributed by atoms with Gasteiger partial charge in [-0.05, 0) is 102 Å². The van der Waals surface area contributed by atoms with Gasteiger partial charge in [-0.15, -0.1) is 0 Å². The summed E-state index contributed by atoms with van der Waals surface area (Å²) in [7, 11) is 0. The fraction of sp³-hybridized carbons (Fsp3) is 0.0714. The second-order valence-corrected chi connectivity index (χ2v) is 18.1. The first-order valence-corrected chi connectivity index (χ1v) is 24.6. The van der Waals surface area contributed by atoms with Gasteiger partial charge in [-0.3, -0.25) is 38.2 Å². The smallest absolute Gasteiger partial charge is 0.439 e. The predicted octanol–water partition coefficient (Wildman–Crippen LogP) is 11.0. The molecule has 20 nitrogen and oxygen atoms in total. The van der Waals surface area contributed by atoms with Crippen LogP contribution >= 0.6 is 23.2 Å². The fourth-order valence-electron chi connectivity index (χ4n) is 8.25. The minimum absolute atomic E-state index is 0.121. The molecule has 0 unspecified atom stereocenters. The van der Waals surface area contributed by atoms with Gasteiger partial charge in [-0.1, -0.05) is 107 Å². The Morgan fingerprint density at radius 3 is 1.60 bits per heavy atom. The Hall–Kier alpha value is -10.2. The van der Waals surface area contributed by atoms with E-state index in [1.807, 2.05) is 67.6 Å². The summed E-state index contributed by atoms with van der Waals surface area (Å²) in [6.45, 7) is 2.30. The molecular weight excluding hydrogens is 1040 g/mol. The molecule has 390 valence electrons. The normalized spacial score (nSPS) is 11.0. The number of rotatable bonds is 15. The molecule has 4 heterocycles. The molecule has 7 aromatic carbocycles. The van der Waals surface area contributed by atoms with E-state index >= 15 is 0 Å². The van der Waals surface area contributed by atoms with Crippen LogP contribution in [0.2, 0.25) is 10.0 Å². The van der Waals surface area contributed by atoms with Gasteiger partial charge < -0.3 is 40.7 Å². The Morgan fingerprint density at radius 1 is 0.513 bits per heavy atom. The highest BCUT2D eigenvalue weighted by Crippen LogP contribution is 2.32. The minimum atomic E-state index is -0.736. The fourth-order valence-corrected chi connectivity index (χ4v) is 8.60. The number of para-hydroxylation sites is 3. The SMILES string of the molecule is CCCOc1ccccc1C(=O)Nc1cccc2cc(C(=O)Nc3ccc(Cl)cc3-c3noc(=O)[nH]3)[nH]c12.O=C(COc1ccc2ccccc2c1)Nc1cccc2cc(C(=O)Nc3ccc(Cl)cc3-c3noc(=O)[nH]3)[nH]c12. The summed E-state index contributed by atoms with van der Waals surface area (Å²) in [6.07, 6.45) is 0.816. The number of carbonyl (C=O) groups excluding carboxylic acids is 4. The number of fused-ring (bicyclic) bond motifs is 3. The minimum Gasteiger partial charge on any atom is -0.493 e. The first-order valence-electron chi connectivity index (χ1n) is 23.9. The standard InChI is InChI=1S/C29H20ClN5O5.C27H22ClN5O5/c30-19-9-11-22(21(14-19)27-34-29(38)40-35-27)33-28(37)24-13-18-6-3-7-23(26(18)32-24)31-25(36)15-39-20-10-8-16-4-1-2-5-17(16)12-20;1-2-12-37-22-9-4-3-7-17(22)25(34)31-20-8-5-6-15-13-21(29-23(15)20)26(35)30-19-11-10-16(28)14-18(19)24-32-27(36)38-33-24/h1-14,32H,15H2,(H,31,36)(H,33,37)(H,34,35,38);3-11,13-14,29H,2,12H2,1H3,(H,30,35)(H,31,34)(H,32,33,36). The molecule has 0 bridgehead atoms. The van der Waals surface area contributed by atoms with Crippen molar-refractivity contribution in [3.63, 3.8) is 0 Å². The van der Waals surface area contributed by atoms with Crippen molar-refractivity contribution in [3.05, 3.63) is 200 Å². The number of hydrogen-bond donors (Lipinski definition) is 8. The second-order valence-electron chi connectivity index (χ2n) is 17.2. The molecule has 0 spiro atoms. The highest BCUT2D eigenvalue weighted by atomic mass is 35.5. The Kier molecular flexibility index (Phi) is 15.0. The molecule has 0 aliphatic rings. The van der Waals surface area contributed by atoms with E-state index in [1.54, 1.807) is 91.0 Å². The van der Waals surface area contributed by atoms with Crippen LogP contribution in [0.3, 0.4) is 0 Å². The van der Waals surface area contributed by atoms with Crippen molar-refractivity contribution in [2.24, 2.45) is 0 Å². The molecule has 22 heteroatoms. The van der Waals surface area contributed by atoms with Gasteiger partial charge in [0.05, 0.1) is 46.0 Å². The van der Waals surface area contributed by atoms with Gasteiger partial charge in [0, 0.05) is 31.9 Å². The van der Waals surface area contributed by atoms with Crippen molar-refractivity contribution in [3.8, 4) is 34.3 Å². The number of hydrogen-bond acceptors (Lipinski definition) is 12. The molecule has 0 saturated heterocycles. The number of halogens is 2. The van der Waals surface area contributed by atoms with Crippen molar-refractivity contribution in [2.45, 2.75) is 13.3 Å². The van der Waals surface area contributed by atoms with Gasteiger partial charge in [0.25, 0.3) is 23.6 Å². The molecule has 0 aliphatic heterocycles. The number of amides is 4. The number of nitrogens with zero attached hydrogens (tertiary/aromatic N) is 2. The lowest BCUT2D eigenvalue weighted by Crippen LogP contribution is -2.20. The molecule has 0 saturated carbocycles. The van der Waals surface area contributed by atoms with Crippen LogP contribution in [0.1, 0.15) is 44.7 Å². The number of nitrogens with one attached hydrogen (secondary N) is 8. The van der Waals surface area contributed by atoms with Crippen LogP contribution in [0.4, 0.5) is 22.7 Å². The molecule has 0 aliphatic carbocycles. The zero-order valence-corrected chi connectivity index (χ0v) is 42.3. The van der Waals surface area contributed by atoms with Crippen molar-refractivity contribution in [1.29, 1.82) is 0 Å². The number of aromatic amines is 4. The van der Waals surface area contributed by atoms with E-state index in [-0.39, 0.29) is 41.5 Å². The van der Waals surface area contributed by atoms with Crippen molar-refractivity contribution in [1.82, 2.24) is 30.2 Å². The van der Waals surface area contributed by atoms with E-state index in [9.17, 15) is 28.8 Å². The predicted molar refractivity (Wildman–Crippen MR) is 296 cm³/mol. The van der Waals surface area contributed by atoms with E-state index in [1.165, 1.54) is 0 Å². The van der Waals surface area contributed by atoms with Gasteiger partial charge in [-0.2, -0.15) is 0 Å². The maximum atomic E-state index is 13.2. The van der Waals surface area contributed by atoms with E-state index < -0.39 is 23.3 Å². The van der Waals surface area contributed by atoms with E-state index in [0.29, 0.717) is 78.6 Å². The van der Waals surface area contributed by atoms with Crippen LogP contribution < -0.4 is 42.3 Å². The Morgan fingerprint density at radius 2 is 1.04 bits per heavy atom. The van der Waals surface area contributed by atoms with Crippen molar-refractivity contribution in [2.75, 3.05) is 34.5 Å². The first-order chi connectivity index (χ1) is 37.8. The third-order valence-corrected chi connectivity index (χ3v) is 12.3. The van der Waals surface area contributed by atoms with Crippen molar-refractivity contribution < 1.29 is 37.7 Å². The summed E-state index contributed by atoms with van der Waals surface area (Å²) < 4.78 is 20.6. The van der Waals surface area contributed by atoms with Crippen LogP contribution in [0.5, 0.6) is 11.5 Å². The van der Waals surface area contributed by atoms with Crippen LogP contribution in [-0.2, 0) is 4.79 Å². The number of ether oxygens (including phenoxy) is 2. The molecule has 0 radical (unpaired) electrons. The van der Waals surface area contributed by atoms with Gasteiger partial charge in [0.1, 0.15) is 22.9 Å². The topological polar surface area (TPSA) is 284 Å². The highest BCUT2D eigenvalue weighted by Gasteiger charge is 2.21. The molecule has 4 aromatic heterocycles. The molecule has 11 aromatic rings. The maximum absolute atomic E-state index is 13.2. The second kappa shape index (κ2) is 22.7. The maximum Gasteiger partial charge on any atom is 0.439 e. The van der Waals surface area contributed by atoms with Crippen LogP contribution in [0.15, 0.2) is 170 Å². The van der Waals surface area contributed by atoms with Gasteiger partial charge in [0.2, 0.25) is 0 Å². The Bertz CT molecular complexity index is 4190. The number of carbonyl (C=O) groups is 4. The average molecular weight is 1090 g/mol. The molecule has 4 amide bonds. The largest absolute Gasteiger partial charge is 0.493 e. The third-order valence-electron chi connectivity index (χ3n) is 11.9. The van der Waals surface area contributed by atoms with Gasteiger partial charge >= 0.3 is 11.5 Å². The summed E-state index contributed by atoms with van der Waals surface area (Å²) in [4.78, 5) is 86.0. The molecule has 0 atom stereocenters. The van der Waals surface area contributed by atoms with Crippen molar-refractivity contribution >= 4 is 102 Å². The molecule has 11 rings (SSSR count). The summed E-state index contributed by atoms with van der Waals surface area (Å²) >= 11 is 12.2. The number of anilines is 4. The molecule has 0 fully saturated rings. The van der Waals surface area contributed by atoms with E-state index in [0.717, 1.165) is 28.0 Å². The zero-order valence-electron chi connectivity index (χ0n) is 40.8. The van der Waals surface area contributed by atoms with Crippen LogP contribution in [0.25, 0.3) is 55.4 Å². The van der Waals surface area contributed by atoms with Crippen LogP contribution in [-0.4, -0.2) is 67.1 Å². The first kappa shape index (κ1) is 51.3. The quantitative estimate of drug-likeness (QED) is 0.0476. The van der Waals surface area contributed by atoms with Gasteiger partial charge in [0.15, 0.2) is 18.3 Å². The Balaban J connectivity index is 0.000000177. The van der Waals surface area contributed by atoms with Crippen LogP contribution in [0, 0.1) is 0 Å². The number of benzene rings is 7. The van der Waals surface area contributed by atoms with E-state index in [2.05, 4.69) is 60.6 Å². The molecule has 8 N–H and O–H groups in total. The lowest BCUT2D eigenvalue weighted by Gasteiger charge is -2.11.